The number of hydrazine groups is 1. The monoisotopic (exact) mass is 395 g/mol. The molecule has 2 amide bonds. The number of hydrogen-bond donors (Lipinski definition) is 2. The Morgan fingerprint density at radius 1 is 1.04 bits per heavy atom. The lowest BCUT2D eigenvalue weighted by Crippen LogP contribution is -2.43. The van der Waals surface area contributed by atoms with Crippen molar-refractivity contribution in [2.24, 2.45) is 0 Å². The molecular weight excluding hydrogens is 382 g/mol. The maximum Gasteiger partial charge on any atom is 0.305 e. The Bertz CT molecular complexity index is 1040. The average Bonchev–Trinajstić information content (AvgIpc) is 3.21. The fraction of sp³-hybridized carbons (Fsp3) is 0.0500. The summed E-state index contributed by atoms with van der Waals surface area (Å²) in [7, 11) is 0. The predicted octanol–water partition coefficient (Wildman–Crippen LogP) is 3.31. The summed E-state index contributed by atoms with van der Waals surface area (Å²) in [6.45, 7) is -0.310. The Balaban J connectivity index is 1.50. The molecule has 0 fully saturated rings. The van der Waals surface area contributed by atoms with E-state index in [-0.39, 0.29) is 12.4 Å². The van der Waals surface area contributed by atoms with Gasteiger partial charge in [0.1, 0.15) is 11.5 Å². The van der Waals surface area contributed by atoms with Crippen molar-refractivity contribution < 1.29 is 18.7 Å². The Morgan fingerprint density at radius 3 is 2.50 bits per heavy atom. The van der Waals surface area contributed by atoms with E-state index in [1.165, 1.54) is 6.07 Å². The normalized spacial score (nSPS) is 10.0. The highest BCUT2D eigenvalue weighted by Gasteiger charge is 2.14. The van der Waals surface area contributed by atoms with Crippen LogP contribution in [-0.2, 0) is 4.79 Å². The summed E-state index contributed by atoms with van der Waals surface area (Å²) < 4.78 is 10.8. The molecule has 0 aliphatic carbocycles. The summed E-state index contributed by atoms with van der Waals surface area (Å²) in [6.07, 6.45) is 0. The fourth-order valence-corrected chi connectivity index (χ4v) is 2.49. The molecule has 0 bridgehead atoms. The van der Waals surface area contributed by atoms with E-state index >= 15 is 0 Å². The van der Waals surface area contributed by atoms with Gasteiger partial charge < -0.3 is 9.15 Å². The number of hydrogen-bond acceptors (Lipinski definition) is 5. The van der Waals surface area contributed by atoms with Gasteiger partial charge >= 0.3 is 5.91 Å². The second kappa shape index (κ2) is 8.75. The van der Waals surface area contributed by atoms with Gasteiger partial charge in [0.15, 0.2) is 12.4 Å². The largest absolute Gasteiger partial charge is 0.484 e. The molecular formula is C20H14ClN3O4. The van der Waals surface area contributed by atoms with Crippen molar-refractivity contribution >= 4 is 23.4 Å². The minimum Gasteiger partial charge on any atom is -0.484 e. The number of benzene rings is 2. The van der Waals surface area contributed by atoms with Crippen molar-refractivity contribution in [2.45, 2.75) is 0 Å². The predicted molar refractivity (Wildman–Crippen MR) is 101 cm³/mol. The van der Waals surface area contributed by atoms with Gasteiger partial charge in [-0.15, -0.1) is 0 Å². The number of nitriles is 1. The third-order valence-electron chi connectivity index (χ3n) is 3.64. The number of halogens is 1. The minimum absolute atomic E-state index is 0.0169. The highest BCUT2D eigenvalue weighted by Crippen LogP contribution is 2.28. The van der Waals surface area contributed by atoms with Crippen LogP contribution >= 0.6 is 11.6 Å². The zero-order valence-corrected chi connectivity index (χ0v) is 15.2. The highest BCUT2D eigenvalue weighted by atomic mass is 35.5. The number of nitrogens with zero attached hydrogens (tertiary/aromatic N) is 1. The van der Waals surface area contributed by atoms with Crippen LogP contribution in [0, 0.1) is 11.3 Å². The van der Waals surface area contributed by atoms with Crippen LogP contribution in [-0.4, -0.2) is 18.4 Å². The van der Waals surface area contributed by atoms with Crippen molar-refractivity contribution in [1.82, 2.24) is 10.9 Å². The molecule has 28 heavy (non-hydrogen) atoms. The van der Waals surface area contributed by atoms with Gasteiger partial charge in [0.2, 0.25) is 0 Å². The number of carbonyl (C=O) groups excluding carboxylic acids is 2. The standard InChI is InChI=1S/C20H14ClN3O4/c21-16-4-2-1-3-15(16)17-9-10-18(28-17)20(26)24-23-19(25)12-27-14-7-5-13(11-22)6-8-14/h1-10H,12H2,(H,23,25)(H,24,26). The number of ether oxygens (including phenoxy) is 1. The lowest BCUT2D eigenvalue weighted by molar-refractivity contribution is -0.123. The van der Waals surface area contributed by atoms with Gasteiger partial charge in [-0.05, 0) is 48.5 Å². The summed E-state index contributed by atoms with van der Waals surface area (Å²) in [5.74, 6) is -0.300. The van der Waals surface area contributed by atoms with Gasteiger partial charge in [-0.2, -0.15) is 5.26 Å². The molecule has 3 aromatic rings. The lowest BCUT2D eigenvalue weighted by atomic mass is 10.2. The Morgan fingerprint density at radius 2 is 1.79 bits per heavy atom. The van der Waals surface area contributed by atoms with Crippen LogP contribution in [0.15, 0.2) is 65.1 Å². The molecule has 0 aliphatic rings. The Labute approximate surface area is 165 Å². The molecule has 0 saturated heterocycles. The van der Waals surface area contributed by atoms with Crippen LogP contribution in [0.2, 0.25) is 5.02 Å². The third kappa shape index (κ3) is 4.69. The van der Waals surface area contributed by atoms with Crippen LogP contribution < -0.4 is 15.6 Å². The zero-order chi connectivity index (χ0) is 19.9. The van der Waals surface area contributed by atoms with Gasteiger partial charge in [0.05, 0.1) is 16.7 Å². The average molecular weight is 396 g/mol. The number of furan rings is 1. The van der Waals surface area contributed by atoms with Crippen LogP contribution in [0.3, 0.4) is 0 Å². The molecule has 7 nitrogen and oxygen atoms in total. The molecule has 1 heterocycles. The van der Waals surface area contributed by atoms with Crippen LogP contribution in [0.5, 0.6) is 5.75 Å². The van der Waals surface area contributed by atoms with E-state index < -0.39 is 11.8 Å². The quantitative estimate of drug-likeness (QED) is 0.645. The number of nitrogens with one attached hydrogen (secondary N) is 2. The van der Waals surface area contributed by atoms with Gasteiger partial charge in [-0.25, -0.2) is 0 Å². The molecule has 0 unspecified atom stereocenters. The molecule has 0 saturated carbocycles. The lowest BCUT2D eigenvalue weighted by Gasteiger charge is -2.08. The first-order valence-electron chi connectivity index (χ1n) is 8.13. The van der Waals surface area contributed by atoms with E-state index in [0.717, 1.165) is 0 Å². The van der Waals surface area contributed by atoms with E-state index in [2.05, 4.69) is 10.9 Å². The summed E-state index contributed by atoms with van der Waals surface area (Å²) in [6, 6.07) is 18.4. The van der Waals surface area contributed by atoms with E-state index in [1.54, 1.807) is 54.6 Å². The SMILES string of the molecule is N#Cc1ccc(OCC(=O)NNC(=O)c2ccc(-c3ccccc3Cl)o2)cc1. The Kier molecular flexibility index (Phi) is 5.94. The number of carbonyl (C=O) groups is 2. The van der Waals surface area contributed by atoms with Crippen molar-refractivity contribution in [3.8, 4) is 23.1 Å². The van der Waals surface area contributed by atoms with Gasteiger partial charge in [-0.3, -0.25) is 20.4 Å². The summed E-state index contributed by atoms with van der Waals surface area (Å²) >= 11 is 6.11. The van der Waals surface area contributed by atoms with Gasteiger partial charge in [0, 0.05) is 5.56 Å². The summed E-state index contributed by atoms with van der Waals surface area (Å²) in [4.78, 5) is 23.9. The van der Waals surface area contributed by atoms with E-state index in [1.807, 2.05) is 6.07 Å². The molecule has 2 aromatic carbocycles. The first-order valence-corrected chi connectivity index (χ1v) is 8.51. The van der Waals surface area contributed by atoms with E-state index in [4.69, 9.17) is 26.0 Å². The maximum atomic E-state index is 12.1. The topological polar surface area (TPSA) is 104 Å². The maximum absolute atomic E-state index is 12.1. The summed E-state index contributed by atoms with van der Waals surface area (Å²) in [5.41, 5.74) is 5.62. The first kappa shape index (κ1) is 19.0. The molecule has 0 radical (unpaired) electrons. The molecule has 3 rings (SSSR count). The smallest absolute Gasteiger partial charge is 0.305 e. The van der Waals surface area contributed by atoms with E-state index in [0.29, 0.717) is 27.7 Å². The zero-order valence-electron chi connectivity index (χ0n) is 14.4. The van der Waals surface area contributed by atoms with Gasteiger partial charge in [-0.1, -0.05) is 23.7 Å². The molecule has 0 spiro atoms. The Hall–Kier alpha value is -3.76. The minimum atomic E-state index is -0.620. The van der Waals surface area contributed by atoms with E-state index in [9.17, 15) is 9.59 Å². The molecule has 8 heteroatoms. The van der Waals surface area contributed by atoms with Crippen LogP contribution in [0.1, 0.15) is 16.1 Å². The highest BCUT2D eigenvalue weighted by molar-refractivity contribution is 6.33. The molecule has 0 atom stereocenters. The molecule has 2 N–H and O–H groups in total. The number of rotatable bonds is 5. The molecule has 140 valence electrons. The van der Waals surface area contributed by atoms with Crippen molar-refractivity contribution in [1.29, 1.82) is 5.26 Å². The second-order valence-electron chi connectivity index (χ2n) is 5.57. The van der Waals surface area contributed by atoms with Crippen molar-refractivity contribution in [3.63, 3.8) is 0 Å². The third-order valence-corrected chi connectivity index (χ3v) is 3.97. The summed E-state index contributed by atoms with van der Waals surface area (Å²) in [5, 5.41) is 9.23. The van der Waals surface area contributed by atoms with Crippen LogP contribution in [0.25, 0.3) is 11.3 Å². The van der Waals surface area contributed by atoms with Gasteiger partial charge in [0.25, 0.3) is 5.91 Å². The second-order valence-corrected chi connectivity index (χ2v) is 5.98. The fourth-order valence-electron chi connectivity index (χ4n) is 2.26. The van der Waals surface area contributed by atoms with Crippen LogP contribution in [0.4, 0.5) is 0 Å². The number of amides is 2. The molecule has 0 aliphatic heterocycles. The van der Waals surface area contributed by atoms with Crippen molar-refractivity contribution in [2.75, 3.05) is 6.61 Å². The molecule has 1 aromatic heterocycles. The first-order chi connectivity index (χ1) is 13.6. The van der Waals surface area contributed by atoms with Crippen molar-refractivity contribution in [3.05, 3.63) is 77.0 Å².